The molecule has 108 valence electrons. The van der Waals surface area contributed by atoms with E-state index in [1.54, 1.807) is 6.33 Å². The van der Waals surface area contributed by atoms with Crippen molar-refractivity contribution in [2.75, 3.05) is 5.32 Å². The minimum atomic E-state index is -4.31. The molecule has 3 aromatic rings. The molecule has 0 bridgehead atoms. The third-order valence-corrected chi connectivity index (χ3v) is 3.19. The molecule has 0 amide bonds. The first-order chi connectivity index (χ1) is 10.0. The van der Waals surface area contributed by atoms with Crippen LogP contribution in [-0.2, 0) is 12.8 Å². The van der Waals surface area contributed by atoms with Gasteiger partial charge in [0.2, 0.25) is 0 Å². The lowest BCUT2D eigenvalue weighted by molar-refractivity contribution is -0.137. The summed E-state index contributed by atoms with van der Waals surface area (Å²) in [6.07, 6.45) is -2.61. The number of hydrogen-bond acceptors (Lipinski definition) is 2. The lowest BCUT2D eigenvalue weighted by atomic mass is 10.2. The quantitative estimate of drug-likeness (QED) is 0.786. The van der Waals surface area contributed by atoms with E-state index in [-0.39, 0.29) is 0 Å². The maximum atomic E-state index is 12.5. The van der Waals surface area contributed by atoms with E-state index in [0.29, 0.717) is 12.4 Å². The van der Waals surface area contributed by atoms with Crippen molar-refractivity contribution in [3.63, 3.8) is 0 Å². The number of halogens is 3. The van der Waals surface area contributed by atoms with Gasteiger partial charge >= 0.3 is 6.18 Å². The smallest absolute Gasteiger partial charge is 0.367 e. The summed E-state index contributed by atoms with van der Waals surface area (Å²) in [4.78, 5) is 4.25. The fraction of sp³-hybridized carbons (Fsp3) is 0.133. The molecule has 6 heteroatoms. The number of aromatic nitrogens is 2. The molecule has 1 aromatic heterocycles. The molecule has 21 heavy (non-hydrogen) atoms. The predicted octanol–water partition coefficient (Wildman–Crippen LogP) is 4.12. The topological polar surface area (TPSA) is 29.9 Å². The SMILES string of the molecule is FC(F)(F)c1ccc(NCn2cnc3ccccc32)cc1. The fourth-order valence-corrected chi connectivity index (χ4v) is 2.09. The van der Waals surface area contributed by atoms with Crippen LogP contribution in [0.1, 0.15) is 5.56 Å². The van der Waals surface area contributed by atoms with E-state index in [9.17, 15) is 13.2 Å². The van der Waals surface area contributed by atoms with Gasteiger partial charge in [0.25, 0.3) is 0 Å². The van der Waals surface area contributed by atoms with Crippen LogP contribution >= 0.6 is 0 Å². The first-order valence-corrected chi connectivity index (χ1v) is 6.35. The number of nitrogens with one attached hydrogen (secondary N) is 1. The summed E-state index contributed by atoms with van der Waals surface area (Å²) in [6, 6.07) is 12.6. The summed E-state index contributed by atoms with van der Waals surface area (Å²) in [7, 11) is 0. The second kappa shape index (κ2) is 5.12. The molecular weight excluding hydrogens is 279 g/mol. The largest absolute Gasteiger partial charge is 0.416 e. The minimum Gasteiger partial charge on any atom is -0.367 e. The van der Waals surface area contributed by atoms with Gasteiger partial charge in [0, 0.05) is 5.69 Å². The van der Waals surface area contributed by atoms with Crippen molar-refractivity contribution in [1.82, 2.24) is 9.55 Å². The molecule has 0 atom stereocenters. The van der Waals surface area contributed by atoms with Gasteiger partial charge in [-0.25, -0.2) is 4.98 Å². The van der Waals surface area contributed by atoms with Gasteiger partial charge in [0.1, 0.15) is 0 Å². The highest BCUT2D eigenvalue weighted by Crippen LogP contribution is 2.29. The molecular formula is C15H12F3N3. The van der Waals surface area contributed by atoms with Crippen LogP contribution < -0.4 is 5.32 Å². The Morgan fingerprint density at radius 1 is 1.00 bits per heavy atom. The van der Waals surface area contributed by atoms with E-state index in [4.69, 9.17) is 0 Å². The van der Waals surface area contributed by atoms with Crippen LogP contribution in [0.15, 0.2) is 54.9 Å². The van der Waals surface area contributed by atoms with Crippen LogP contribution in [0.4, 0.5) is 18.9 Å². The molecule has 1 heterocycles. The Morgan fingerprint density at radius 3 is 2.43 bits per heavy atom. The van der Waals surface area contributed by atoms with E-state index in [0.717, 1.165) is 23.2 Å². The Bertz CT molecular complexity index is 745. The molecule has 0 spiro atoms. The average Bonchev–Trinajstić information content (AvgIpc) is 2.88. The summed E-state index contributed by atoms with van der Waals surface area (Å²) in [5.41, 5.74) is 1.82. The number of rotatable bonds is 3. The maximum absolute atomic E-state index is 12.5. The Hall–Kier alpha value is -2.50. The summed E-state index contributed by atoms with van der Waals surface area (Å²) in [5, 5.41) is 3.07. The lowest BCUT2D eigenvalue weighted by Crippen LogP contribution is -2.08. The molecule has 0 unspecified atom stereocenters. The molecule has 0 saturated carbocycles. The zero-order valence-corrected chi connectivity index (χ0v) is 10.9. The van der Waals surface area contributed by atoms with Gasteiger partial charge in [-0.3, -0.25) is 0 Å². The summed E-state index contributed by atoms with van der Waals surface area (Å²) < 4.78 is 39.3. The third-order valence-electron chi connectivity index (χ3n) is 3.19. The van der Waals surface area contributed by atoms with Crippen LogP contribution in [0, 0.1) is 0 Å². The number of anilines is 1. The second-order valence-corrected chi connectivity index (χ2v) is 4.61. The first kappa shape index (κ1) is 13.5. The zero-order valence-electron chi connectivity index (χ0n) is 10.9. The Morgan fingerprint density at radius 2 is 1.71 bits per heavy atom. The van der Waals surface area contributed by atoms with E-state index in [2.05, 4.69) is 10.3 Å². The van der Waals surface area contributed by atoms with E-state index in [1.165, 1.54) is 12.1 Å². The number of imidazole rings is 1. The summed E-state index contributed by atoms with van der Waals surface area (Å²) in [6.45, 7) is 0.436. The van der Waals surface area contributed by atoms with Gasteiger partial charge in [0.15, 0.2) is 0 Å². The molecule has 2 aromatic carbocycles. The Labute approximate surface area is 119 Å². The number of para-hydroxylation sites is 2. The van der Waals surface area contributed by atoms with Crippen LogP contribution in [0.3, 0.4) is 0 Å². The number of nitrogens with zero attached hydrogens (tertiary/aromatic N) is 2. The standard InChI is InChI=1S/C15H12F3N3/c16-15(17,18)11-5-7-12(8-6-11)19-9-21-10-20-13-3-1-2-4-14(13)21/h1-8,10,19H,9H2. The normalized spacial score (nSPS) is 11.8. The number of hydrogen-bond donors (Lipinski definition) is 1. The van der Waals surface area contributed by atoms with Gasteiger partial charge in [-0.2, -0.15) is 13.2 Å². The van der Waals surface area contributed by atoms with Gasteiger partial charge in [-0.15, -0.1) is 0 Å². The molecule has 1 N–H and O–H groups in total. The van der Waals surface area contributed by atoms with Gasteiger partial charge < -0.3 is 9.88 Å². The predicted molar refractivity (Wildman–Crippen MR) is 74.8 cm³/mol. The average molecular weight is 291 g/mol. The van der Waals surface area contributed by atoms with Crippen molar-refractivity contribution in [3.05, 3.63) is 60.4 Å². The zero-order chi connectivity index (χ0) is 14.9. The van der Waals surface area contributed by atoms with Crippen molar-refractivity contribution in [3.8, 4) is 0 Å². The molecule has 0 fully saturated rings. The molecule has 0 aliphatic carbocycles. The number of benzene rings is 2. The molecule has 0 saturated heterocycles. The highest BCUT2D eigenvalue weighted by atomic mass is 19.4. The van der Waals surface area contributed by atoms with E-state index in [1.807, 2.05) is 28.8 Å². The van der Waals surface area contributed by atoms with Crippen LogP contribution in [-0.4, -0.2) is 9.55 Å². The molecule has 0 radical (unpaired) electrons. The van der Waals surface area contributed by atoms with Crippen LogP contribution in [0.25, 0.3) is 11.0 Å². The molecule has 3 rings (SSSR count). The Kier molecular flexibility index (Phi) is 3.29. The van der Waals surface area contributed by atoms with Crippen LogP contribution in [0.5, 0.6) is 0 Å². The van der Waals surface area contributed by atoms with Gasteiger partial charge in [0.05, 0.1) is 29.6 Å². The first-order valence-electron chi connectivity index (χ1n) is 6.35. The van der Waals surface area contributed by atoms with Crippen molar-refractivity contribution < 1.29 is 13.2 Å². The van der Waals surface area contributed by atoms with Crippen molar-refractivity contribution in [1.29, 1.82) is 0 Å². The molecule has 0 aliphatic rings. The number of fused-ring (bicyclic) bond motifs is 1. The summed E-state index contributed by atoms with van der Waals surface area (Å²) >= 11 is 0. The Balaban J connectivity index is 1.73. The van der Waals surface area contributed by atoms with Crippen molar-refractivity contribution in [2.24, 2.45) is 0 Å². The molecule has 0 aliphatic heterocycles. The molecule has 3 nitrogen and oxygen atoms in total. The maximum Gasteiger partial charge on any atom is 0.416 e. The highest BCUT2D eigenvalue weighted by Gasteiger charge is 2.29. The van der Waals surface area contributed by atoms with Gasteiger partial charge in [-0.05, 0) is 36.4 Å². The van der Waals surface area contributed by atoms with Crippen molar-refractivity contribution in [2.45, 2.75) is 12.8 Å². The highest BCUT2D eigenvalue weighted by molar-refractivity contribution is 5.75. The third kappa shape index (κ3) is 2.84. The monoisotopic (exact) mass is 291 g/mol. The lowest BCUT2D eigenvalue weighted by Gasteiger charge is -2.10. The fourth-order valence-electron chi connectivity index (χ4n) is 2.09. The minimum absolute atomic E-state index is 0.436. The number of alkyl halides is 3. The van der Waals surface area contributed by atoms with Crippen LogP contribution in [0.2, 0.25) is 0 Å². The second-order valence-electron chi connectivity index (χ2n) is 4.61. The van der Waals surface area contributed by atoms with Crippen molar-refractivity contribution >= 4 is 16.7 Å². The van der Waals surface area contributed by atoms with Gasteiger partial charge in [-0.1, -0.05) is 12.1 Å². The summed E-state index contributed by atoms with van der Waals surface area (Å²) in [5.74, 6) is 0. The van der Waals surface area contributed by atoms with E-state index < -0.39 is 11.7 Å². The van der Waals surface area contributed by atoms with E-state index >= 15 is 0 Å².